The van der Waals surface area contributed by atoms with Crippen molar-refractivity contribution in [3.8, 4) is 0 Å². The van der Waals surface area contributed by atoms with Gasteiger partial charge in [-0.1, -0.05) is 6.07 Å². The maximum absolute atomic E-state index is 11.4. The Hall–Kier alpha value is -2.25. The van der Waals surface area contributed by atoms with Crippen molar-refractivity contribution < 1.29 is 29.3 Å². The summed E-state index contributed by atoms with van der Waals surface area (Å²) in [6.45, 7) is 1.57. The average molecular weight is 293 g/mol. The van der Waals surface area contributed by atoms with E-state index in [9.17, 15) is 24.6 Å². The van der Waals surface area contributed by atoms with Gasteiger partial charge in [0.15, 0.2) is 0 Å². The van der Waals surface area contributed by atoms with E-state index in [0.29, 0.717) is 5.56 Å². The van der Waals surface area contributed by atoms with Gasteiger partial charge < -0.3 is 20.3 Å². The van der Waals surface area contributed by atoms with Gasteiger partial charge in [-0.05, 0) is 24.1 Å². The molecule has 112 valence electrons. The van der Waals surface area contributed by atoms with Gasteiger partial charge in [0.1, 0.15) is 6.10 Å². The molecule has 0 radical (unpaired) electrons. The highest BCUT2D eigenvalue weighted by Crippen LogP contribution is 2.26. The van der Waals surface area contributed by atoms with Crippen LogP contribution in [0.4, 0.5) is 0 Å². The first-order valence-electron chi connectivity index (χ1n) is 6.41. The molecule has 1 heterocycles. The van der Waals surface area contributed by atoms with Gasteiger partial charge in [-0.2, -0.15) is 0 Å². The summed E-state index contributed by atoms with van der Waals surface area (Å²) in [6.07, 6.45) is -2.18. The average Bonchev–Trinajstić information content (AvgIpc) is 2.72. The molecule has 1 aromatic rings. The maximum Gasteiger partial charge on any atom is 0.346 e. The van der Waals surface area contributed by atoms with Gasteiger partial charge in [-0.15, -0.1) is 0 Å². The minimum atomic E-state index is -1.23. The number of hydrogen-bond donors (Lipinski definition) is 3. The van der Waals surface area contributed by atoms with E-state index in [-0.39, 0.29) is 30.0 Å². The van der Waals surface area contributed by atoms with E-state index in [1.54, 1.807) is 0 Å². The number of aliphatic hydroxyl groups excluding tert-OH is 2. The predicted molar refractivity (Wildman–Crippen MR) is 70.5 cm³/mol. The van der Waals surface area contributed by atoms with E-state index < -0.39 is 24.1 Å². The number of benzene rings is 1. The van der Waals surface area contributed by atoms with Gasteiger partial charge in [0.2, 0.25) is 5.91 Å². The number of carbonyl (C=O) groups is 3. The number of nitrogens with one attached hydrogen (secondary N) is 1. The molecule has 1 amide bonds. The van der Waals surface area contributed by atoms with Crippen molar-refractivity contribution in [3.05, 3.63) is 34.9 Å². The van der Waals surface area contributed by atoms with Gasteiger partial charge >= 0.3 is 11.9 Å². The molecule has 3 N–H and O–H groups in total. The molecule has 7 nitrogen and oxygen atoms in total. The largest absolute Gasteiger partial charge is 0.390 e. The molecule has 0 saturated carbocycles. The molecular weight excluding hydrogens is 278 g/mol. The number of ether oxygens (including phenoxy) is 1. The highest BCUT2D eigenvalue weighted by molar-refractivity contribution is 6.14. The molecule has 7 heteroatoms. The normalized spacial score (nSPS) is 16.1. The molecule has 1 aliphatic rings. The molecule has 0 bridgehead atoms. The van der Waals surface area contributed by atoms with E-state index in [1.807, 2.05) is 0 Å². The second-order valence-corrected chi connectivity index (χ2v) is 4.77. The first-order chi connectivity index (χ1) is 9.90. The predicted octanol–water partition coefficient (Wildman–Crippen LogP) is -0.0823. The molecular formula is C14H15NO6. The smallest absolute Gasteiger partial charge is 0.346 e. The number of carbonyl (C=O) groups excluding carboxylic acids is 3. The summed E-state index contributed by atoms with van der Waals surface area (Å²) in [7, 11) is 0. The standard InChI is InChI=1S/C14H15NO6/c1-7(16)15-5-4-11(17)12(18)8-2-3-9-10(6-8)14(20)21-13(9)19/h2-3,6,11-12,17-18H,4-5H2,1H3,(H,15,16). The number of amides is 1. The van der Waals surface area contributed by atoms with E-state index in [2.05, 4.69) is 10.1 Å². The Balaban J connectivity index is 2.08. The van der Waals surface area contributed by atoms with Crippen LogP contribution >= 0.6 is 0 Å². The second-order valence-electron chi connectivity index (χ2n) is 4.77. The van der Waals surface area contributed by atoms with Gasteiger partial charge in [0.25, 0.3) is 0 Å². The molecule has 2 unspecified atom stereocenters. The highest BCUT2D eigenvalue weighted by atomic mass is 16.6. The van der Waals surface area contributed by atoms with E-state index >= 15 is 0 Å². The van der Waals surface area contributed by atoms with Crippen molar-refractivity contribution in [2.24, 2.45) is 0 Å². The van der Waals surface area contributed by atoms with Crippen LogP contribution in [0.2, 0.25) is 0 Å². The number of hydrogen-bond acceptors (Lipinski definition) is 6. The lowest BCUT2D eigenvalue weighted by atomic mass is 9.98. The van der Waals surface area contributed by atoms with Crippen molar-refractivity contribution in [1.29, 1.82) is 0 Å². The highest BCUT2D eigenvalue weighted by Gasteiger charge is 2.31. The Morgan fingerprint density at radius 3 is 2.57 bits per heavy atom. The van der Waals surface area contributed by atoms with Gasteiger partial charge in [0, 0.05) is 13.5 Å². The quantitative estimate of drug-likeness (QED) is 0.517. The monoisotopic (exact) mass is 293 g/mol. The summed E-state index contributed by atoms with van der Waals surface area (Å²) in [6, 6.07) is 4.15. The van der Waals surface area contributed by atoms with Crippen molar-refractivity contribution in [1.82, 2.24) is 5.32 Å². The number of aliphatic hydroxyl groups is 2. The van der Waals surface area contributed by atoms with E-state index in [0.717, 1.165) is 0 Å². The van der Waals surface area contributed by atoms with Crippen LogP contribution in [0, 0.1) is 0 Å². The number of esters is 2. The van der Waals surface area contributed by atoms with Crippen LogP contribution in [0.25, 0.3) is 0 Å². The van der Waals surface area contributed by atoms with Crippen molar-refractivity contribution in [2.45, 2.75) is 25.6 Å². The first-order valence-corrected chi connectivity index (χ1v) is 6.41. The molecule has 21 heavy (non-hydrogen) atoms. The molecule has 2 atom stereocenters. The van der Waals surface area contributed by atoms with Crippen LogP contribution in [0.15, 0.2) is 18.2 Å². The Morgan fingerprint density at radius 2 is 1.90 bits per heavy atom. The molecule has 0 aromatic heterocycles. The lowest BCUT2D eigenvalue weighted by Crippen LogP contribution is -2.27. The van der Waals surface area contributed by atoms with E-state index in [4.69, 9.17) is 0 Å². The number of rotatable bonds is 5. The third-order valence-corrected chi connectivity index (χ3v) is 3.19. The Kier molecular flexibility index (Phi) is 4.35. The van der Waals surface area contributed by atoms with Crippen LogP contribution in [-0.2, 0) is 9.53 Å². The summed E-state index contributed by atoms with van der Waals surface area (Å²) < 4.78 is 4.45. The molecule has 1 aromatic carbocycles. The fraction of sp³-hybridized carbons (Fsp3) is 0.357. The Bertz CT molecular complexity index is 597. The summed E-state index contributed by atoms with van der Waals surface area (Å²) in [5.74, 6) is -1.71. The summed E-state index contributed by atoms with van der Waals surface area (Å²) in [5, 5.41) is 22.4. The Labute approximate surface area is 120 Å². The minimum absolute atomic E-state index is 0.0746. The molecule has 0 aliphatic carbocycles. The lowest BCUT2D eigenvalue weighted by Gasteiger charge is -2.18. The van der Waals surface area contributed by atoms with Crippen LogP contribution in [0.5, 0.6) is 0 Å². The molecule has 1 aliphatic heterocycles. The summed E-state index contributed by atoms with van der Waals surface area (Å²) >= 11 is 0. The van der Waals surface area contributed by atoms with Crippen molar-refractivity contribution in [3.63, 3.8) is 0 Å². The zero-order valence-corrected chi connectivity index (χ0v) is 11.3. The van der Waals surface area contributed by atoms with Gasteiger partial charge in [-0.3, -0.25) is 4.79 Å². The number of fused-ring (bicyclic) bond motifs is 1. The molecule has 0 spiro atoms. The van der Waals surface area contributed by atoms with Crippen LogP contribution in [0.1, 0.15) is 45.7 Å². The third kappa shape index (κ3) is 3.26. The van der Waals surface area contributed by atoms with Gasteiger partial charge in [-0.25, -0.2) is 9.59 Å². The molecule has 0 saturated heterocycles. The fourth-order valence-corrected chi connectivity index (χ4v) is 2.06. The summed E-state index contributed by atoms with van der Waals surface area (Å²) in [4.78, 5) is 33.5. The fourth-order valence-electron chi connectivity index (χ4n) is 2.06. The summed E-state index contributed by atoms with van der Waals surface area (Å²) in [5.41, 5.74) is 0.519. The first kappa shape index (κ1) is 15.1. The molecule has 0 fully saturated rings. The van der Waals surface area contributed by atoms with Crippen molar-refractivity contribution >= 4 is 17.8 Å². The minimum Gasteiger partial charge on any atom is -0.390 e. The third-order valence-electron chi connectivity index (χ3n) is 3.19. The van der Waals surface area contributed by atoms with Crippen LogP contribution in [0.3, 0.4) is 0 Å². The zero-order valence-electron chi connectivity index (χ0n) is 11.3. The maximum atomic E-state index is 11.4. The van der Waals surface area contributed by atoms with Crippen LogP contribution < -0.4 is 5.32 Å². The van der Waals surface area contributed by atoms with Gasteiger partial charge in [0.05, 0.1) is 17.2 Å². The second kappa shape index (κ2) is 6.02. The SMILES string of the molecule is CC(=O)NCCC(O)C(O)c1ccc2c(c1)C(=O)OC2=O. The van der Waals surface area contributed by atoms with Crippen molar-refractivity contribution in [2.75, 3.05) is 6.54 Å². The Morgan fingerprint density at radius 1 is 1.24 bits per heavy atom. The van der Waals surface area contributed by atoms with Crippen LogP contribution in [-0.4, -0.2) is 40.7 Å². The molecule has 2 rings (SSSR count). The lowest BCUT2D eigenvalue weighted by molar-refractivity contribution is -0.119. The van der Waals surface area contributed by atoms with E-state index in [1.165, 1.54) is 25.1 Å². The topological polar surface area (TPSA) is 113 Å². The zero-order chi connectivity index (χ0) is 15.6. The number of cyclic esters (lactones) is 2.